The zero-order chi connectivity index (χ0) is 19.3. The monoisotopic (exact) mass is 377 g/mol. The van der Waals surface area contributed by atoms with E-state index in [9.17, 15) is 31.1 Å². The number of carbonyl (C=O) groups is 1. The highest BCUT2D eigenvalue weighted by molar-refractivity contribution is 6.08. The van der Waals surface area contributed by atoms with Gasteiger partial charge in [-0.3, -0.25) is 9.78 Å². The summed E-state index contributed by atoms with van der Waals surface area (Å²) in [6.07, 6.45) is -1.11. The van der Waals surface area contributed by atoms with Crippen molar-refractivity contribution in [1.82, 2.24) is 4.98 Å². The van der Waals surface area contributed by atoms with Gasteiger partial charge in [-0.1, -0.05) is 0 Å². The van der Waals surface area contributed by atoms with E-state index in [0.29, 0.717) is 12.1 Å². The van der Waals surface area contributed by atoms with E-state index in [1.807, 2.05) is 0 Å². The molecule has 0 atom stereocenters. The summed E-state index contributed by atoms with van der Waals surface area (Å²) < 4.78 is 91.7. The van der Waals surface area contributed by atoms with Crippen LogP contribution in [0.15, 0.2) is 30.6 Å². The van der Waals surface area contributed by atoms with Crippen molar-refractivity contribution < 1.29 is 40.6 Å². The lowest BCUT2D eigenvalue weighted by Crippen LogP contribution is -2.38. The summed E-state index contributed by atoms with van der Waals surface area (Å²) in [5.41, 5.74) is -4.21. The number of halogens is 6. The van der Waals surface area contributed by atoms with Crippen molar-refractivity contribution in [3.8, 4) is 17.2 Å². The van der Waals surface area contributed by atoms with Gasteiger partial charge in [0.25, 0.3) is 6.43 Å². The van der Waals surface area contributed by atoms with Gasteiger partial charge in [0.1, 0.15) is 17.2 Å². The maximum absolute atomic E-state index is 13.8. The Hall–Kier alpha value is -2.78. The number of nitrogens with zero attached hydrogens (tertiary/aromatic N) is 1. The van der Waals surface area contributed by atoms with Crippen molar-refractivity contribution in [2.75, 3.05) is 7.11 Å². The molecule has 10 heteroatoms. The van der Waals surface area contributed by atoms with Crippen LogP contribution < -0.4 is 9.47 Å². The van der Waals surface area contributed by atoms with Crippen molar-refractivity contribution in [3.63, 3.8) is 0 Å². The summed E-state index contributed by atoms with van der Waals surface area (Å²) in [7, 11) is 1.31. The highest BCUT2D eigenvalue weighted by Gasteiger charge is 2.70. The normalized spacial score (nSPS) is 17.3. The molecule has 0 radical (unpaired) electrons. The molecule has 0 spiro atoms. The Labute approximate surface area is 142 Å². The summed E-state index contributed by atoms with van der Waals surface area (Å²) in [5.74, 6) is -13.0. The Balaban J connectivity index is 2.16. The molecule has 0 amide bonds. The molecule has 0 fully saturated rings. The molecule has 138 valence electrons. The number of fused-ring (bicyclic) bond motifs is 1. The van der Waals surface area contributed by atoms with E-state index in [-0.39, 0.29) is 11.5 Å². The molecule has 1 aromatic carbocycles. The molecular weight excluding hydrogens is 368 g/mol. The number of benzene rings is 1. The van der Waals surface area contributed by atoms with Crippen LogP contribution in [-0.2, 0) is 5.92 Å². The molecule has 1 aromatic heterocycles. The van der Waals surface area contributed by atoms with Crippen molar-refractivity contribution in [2.24, 2.45) is 0 Å². The maximum atomic E-state index is 13.8. The highest BCUT2D eigenvalue weighted by atomic mass is 19.3. The van der Waals surface area contributed by atoms with Gasteiger partial charge in [-0.05, 0) is 12.1 Å². The Bertz CT molecular complexity index is 884. The second kappa shape index (κ2) is 5.89. The number of hydrogen-bond acceptors (Lipinski definition) is 4. The number of alkyl halides is 6. The van der Waals surface area contributed by atoms with Crippen molar-refractivity contribution in [3.05, 3.63) is 47.3 Å². The number of rotatable bonds is 4. The third kappa shape index (κ3) is 2.47. The van der Waals surface area contributed by atoms with Crippen LogP contribution in [0.5, 0.6) is 17.2 Å². The van der Waals surface area contributed by atoms with Crippen LogP contribution in [0.25, 0.3) is 0 Å². The fourth-order valence-corrected chi connectivity index (χ4v) is 2.57. The first-order valence-corrected chi connectivity index (χ1v) is 7.04. The van der Waals surface area contributed by atoms with Crippen LogP contribution in [0.1, 0.15) is 27.9 Å². The van der Waals surface area contributed by atoms with Gasteiger partial charge in [0.05, 0.1) is 25.1 Å². The topological polar surface area (TPSA) is 48.4 Å². The molecule has 1 aliphatic carbocycles. The van der Waals surface area contributed by atoms with Crippen LogP contribution in [0.4, 0.5) is 26.3 Å². The first-order chi connectivity index (χ1) is 12.1. The van der Waals surface area contributed by atoms with Gasteiger partial charge in [0.2, 0.25) is 5.78 Å². The summed E-state index contributed by atoms with van der Waals surface area (Å²) in [6.45, 7) is 0. The molecule has 1 aliphatic rings. The van der Waals surface area contributed by atoms with Gasteiger partial charge in [0, 0.05) is 17.2 Å². The zero-order valence-corrected chi connectivity index (χ0v) is 12.9. The van der Waals surface area contributed by atoms with Gasteiger partial charge in [0.15, 0.2) is 0 Å². The molecule has 3 rings (SSSR count). The number of Topliss-reactive ketones (excluding diaryl/α,β-unsaturated/α-hetero) is 1. The minimum absolute atomic E-state index is 0.116. The Morgan fingerprint density at radius 3 is 2.31 bits per heavy atom. The summed E-state index contributed by atoms with van der Waals surface area (Å²) in [6, 6.07) is 2.41. The van der Waals surface area contributed by atoms with Crippen LogP contribution in [-0.4, -0.2) is 23.8 Å². The minimum atomic E-state index is -5.12. The van der Waals surface area contributed by atoms with Crippen LogP contribution in [0.3, 0.4) is 0 Å². The predicted octanol–water partition coefficient (Wildman–Crippen LogP) is 4.74. The van der Waals surface area contributed by atoms with Crippen molar-refractivity contribution in [2.45, 2.75) is 18.3 Å². The van der Waals surface area contributed by atoms with Crippen LogP contribution in [0.2, 0.25) is 0 Å². The van der Waals surface area contributed by atoms with Gasteiger partial charge in [-0.25, -0.2) is 8.78 Å². The largest absolute Gasteiger partial charge is 0.495 e. The number of ketones is 1. The van der Waals surface area contributed by atoms with E-state index in [0.717, 1.165) is 6.20 Å². The summed E-state index contributed by atoms with van der Waals surface area (Å²) in [4.78, 5) is 15.4. The van der Waals surface area contributed by atoms with E-state index in [4.69, 9.17) is 9.47 Å². The molecule has 26 heavy (non-hydrogen) atoms. The van der Waals surface area contributed by atoms with Crippen LogP contribution >= 0.6 is 0 Å². The average Bonchev–Trinajstić information content (AvgIpc) is 2.72. The molecule has 0 aliphatic heterocycles. The number of hydrogen-bond donors (Lipinski definition) is 0. The SMILES string of the molecule is COc1cncc(Oc2ccc3c(c2C(F)F)C(=O)C(F)(F)C3(F)F)c1. The van der Waals surface area contributed by atoms with E-state index in [1.54, 1.807) is 0 Å². The molecule has 2 aromatic rings. The van der Waals surface area contributed by atoms with E-state index in [2.05, 4.69) is 4.98 Å². The Morgan fingerprint density at radius 1 is 1.04 bits per heavy atom. The third-order valence-corrected chi connectivity index (χ3v) is 3.82. The number of pyridine rings is 1. The standard InChI is InChI=1S/C16H9F6NO3/c1-25-7-4-8(6-23-5-7)26-10-3-2-9-11(12(10)14(17)18)13(24)16(21,22)15(9,19)20/h2-6,14H,1H3. The highest BCUT2D eigenvalue weighted by Crippen LogP contribution is 2.55. The van der Waals surface area contributed by atoms with Crippen molar-refractivity contribution >= 4 is 5.78 Å². The minimum Gasteiger partial charge on any atom is -0.495 e. The van der Waals surface area contributed by atoms with Crippen molar-refractivity contribution in [1.29, 1.82) is 0 Å². The molecular formula is C16H9F6NO3. The summed E-state index contributed by atoms with van der Waals surface area (Å²) >= 11 is 0. The second-order valence-electron chi connectivity index (χ2n) is 5.34. The molecule has 0 saturated heterocycles. The first-order valence-electron chi connectivity index (χ1n) is 7.04. The van der Waals surface area contributed by atoms with Crippen LogP contribution in [0, 0.1) is 0 Å². The Morgan fingerprint density at radius 2 is 1.69 bits per heavy atom. The van der Waals surface area contributed by atoms with Gasteiger partial charge in [-0.2, -0.15) is 17.6 Å². The maximum Gasteiger partial charge on any atom is 0.376 e. The predicted molar refractivity (Wildman–Crippen MR) is 75.4 cm³/mol. The fraction of sp³-hybridized carbons (Fsp3) is 0.250. The quantitative estimate of drug-likeness (QED) is 0.722. The zero-order valence-electron chi connectivity index (χ0n) is 12.9. The lowest BCUT2D eigenvalue weighted by atomic mass is 10.0. The lowest BCUT2D eigenvalue weighted by molar-refractivity contribution is -0.176. The van der Waals surface area contributed by atoms with Gasteiger partial charge in [-0.15, -0.1) is 0 Å². The van der Waals surface area contributed by atoms with E-state index >= 15 is 0 Å². The number of methoxy groups -OCH3 is 1. The number of aromatic nitrogens is 1. The molecule has 0 bridgehead atoms. The molecule has 1 heterocycles. The first kappa shape index (κ1) is 18.0. The lowest BCUT2D eigenvalue weighted by Gasteiger charge is -2.17. The second-order valence-corrected chi connectivity index (χ2v) is 5.34. The Kier molecular flexibility index (Phi) is 4.08. The molecule has 0 saturated carbocycles. The van der Waals surface area contributed by atoms with Gasteiger partial charge < -0.3 is 9.47 Å². The van der Waals surface area contributed by atoms with E-state index in [1.165, 1.54) is 19.4 Å². The molecule has 0 unspecified atom stereocenters. The average molecular weight is 377 g/mol. The number of carbonyl (C=O) groups excluding carboxylic acids is 1. The molecule has 0 N–H and O–H groups in total. The van der Waals surface area contributed by atoms with Gasteiger partial charge >= 0.3 is 11.8 Å². The third-order valence-electron chi connectivity index (χ3n) is 3.82. The number of ether oxygens (including phenoxy) is 2. The fourth-order valence-electron chi connectivity index (χ4n) is 2.57. The smallest absolute Gasteiger partial charge is 0.376 e. The summed E-state index contributed by atoms with van der Waals surface area (Å²) in [5, 5.41) is 0. The van der Waals surface area contributed by atoms with E-state index < -0.39 is 46.5 Å². The molecule has 4 nitrogen and oxygen atoms in total.